The van der Waals surface area contributed by atoms with E-state index < -0.39 is 18.2 Å². The average molecular weight is 491 g/mol. The van der Waals surface area contributed by atoms with Crippen molar-refractivity contribution in [2.24, 2.45) is 5.92 Å². The zero-order valence-corrected chi connectivity index (χ0v) is 20.9. The average Bonchev–Trinajstić information content (AvgIpc) is 3.28. The highest BCUT2D eigenvalue weighted by molar-refractivity contribution is 5.93. The summed E-state index contributed by atoms with van der Waals surface area (Å²) in [5.41, 5.74) is 3.70. The molecule has 0 radical (unpaired) electrons. The number of carbonyl (C=O) groups excluding carboxylic acids is 2. The lowest BCUT2D eigenvalue weighted by Gasteiger charge is -2.41. The highest BCUT2D eigenvalue weighted by atomic mass is 16.6. The van der Waals surface area contributed by atoms with Crippen LogP contribution >= 0.6 is 0 Å². The van der Waals surface area contributed by atoms with E-state index in [9.17, 15) is 9.59 Å². The molecule has 0 saturated heterocycles. The number of esters is 2. The molecule has 0 aliphatic heterocycles. The van der Waals surface area contributed by atoms with Gasteiger partial charge in [0.1, 0.15) is 12.2 Å². The van der Waals surface area contributed by atoms with E-state index in [0.29, 0.717) is 17.0 Å². The SMILES string of the molecule is CC(OC(=O)c1ccccc1)C(OC(=O)c1ccccc1)[C@H]1CCCC2c3cccc4cccc(c34)C21. The maximum Gasteiger partial charge on any atom is 0.338 e. The number of carbonyl (C=O) groups is 2. The number of ether oxygens (including phenoxy) is 2. The predicted molar refractivity (Wildman–Crippen MR) is 144 cm³/mol. The van der Waals surface area contributed by atoms with E-state index in [1.165, 1.54) is 21.9 Å². The molecule has 4 heteroatoms. The molecule has 4 unspecified atom stereocenters. The Balaban J connectivity index is 1.36. The van der Waals surface area contributed by atoms with Gasteiger partial charge in [-0.2, -0.15) is 0 Å². The fraction of sp³-hybridized carbons (Fsp3) is 0.273. The molecule has 4 nitrogen and oxygen atoms in total. The van der Waals surface area contributed by atoms with Crippen LogP contribution in [0, 0.1) is 5.92 Å². The molecule has 6 rings (SSSR count). The van der Waals surface area contributed by atoms with Crippen molar-refractivity contribution in [3.05, 3.63) is 119 Å². The summed E-state index contributed by atoms with van der Waals surface area (Å²) in [5, 5.41) is 2.60. The minimum atomic E-state index is -0.605. The molecule has 1 saturated carbocycles. The van der Waals surface area contributed by atoms with Crippen LogP contribution in [-0.2, 0) is 9.47 Å². The Morgan fingerprint density at radius 3 is 1.95 bits per heavy atom. The summed E-state index contributed by atoms with van der Waals surface area (Å²) in [4.78, 5) is 26.3. The maximum absolute atomic E-state index is 13.3. The first-order chi connectivity index (χ1) is 18.1. The normalized spacial score (nSPS) is 21.6. The van der Waals surface area contributed by atoms with Crippen LogP contribution in [0.3, 0.4) is 0 Å². The highest BCUT2D eigenvalue weighted by Crippen LogP contribution is 2.57. The quantitative estimate of drug-likeness (QED) is 0.266. The summed E-state index contributed by atoms with van der Waals surface area (Å²) in [6, 6.07) is 31.1. The van der Waals surface area contributed by atoms with Crippen LogP contribution in [0.1, 0.15) is 69.9 Å². The molecule has 0 spiro atoms. The molecule has 1 fully saturated rings. The molecule has 0 bridgehead atoms. The van der Waals surface area contributed by atoms with Crippen LogP contribution < -0.4 is 0 Å². The van der Waals surface area contributed by atoms with E-state index in [1.54, 1.807) is 24.3 Å². The van der Waals surface area contributed by atoms with Crippen molar-refractivity contribution < 1.29 is 19.1 Å². The Kier molecular flexibility index (Phi) is 6.25. The Morgan fingerprint density at radius 1 is 0.703 bits per heavy atom. The first-order valence-electron chi connectivity index (χ1n) is 13.2. The zero-order chi connectivity index (χ0) is 25.4. The second-order valence-electron chi connectivity index (χ2n) is 10.2. The molecule has 2 aliphatic carbocycles. The third-order valence-electron chi connectivity index (χ3n) is 8.11. The van der Waals surface area contributed by atoms with E-state index in [1.807, 2.05) is 43.3 Å². The minimum absolute atomic E-state index is 0.0305. The molecule has 5 atom stereocenters. The van der Waals surface area contributed by atoms with Crippen molar-refractivity contribution in [2.45, 2.75) is 50.2 Å². The van der Waals surface area contributed by atoms with Gasteiger partial charge in [-0.05, 0) is 77.8 Å². The van der Waals surface area contributed by atoms with Crippen molar-refractivity contribution in [2.75, 3.05) is 0 Å². The Bertz CT molecular complexity index is 1420. The molecule has 4 aromatic rings. The van der Waals surface area contributed by atoms with Crippen molar-refractivity contribution in [3.63, 3.8) is 0 Å². The summed E-state index contributed by atoms with van der Waals surface area (Å²) in [7, 11) is 0. The van der Waals surface area contributed by atoms with Crippen LogP contribution in [-0.4, -0.2) is 24.1 Å². The number of rotatable bonds is 6. The summed E-state index contributed by atoms with van der Waals surface area (Å²) in [6.45, 7) is 1.86. The molecule has 0 N–H and O–H groups in total. The van der Waals surface area contributed by atoms with Gasteiger partial charge in [-0.1, -0.05) is 79.2 Å². The lowest BCUT2D eigenvalue weighted by molar-refractivity contribution is -0.0612. The van der Waals surface area contributed by atoms with Gasteiger partial charge >= 0.3 is 11.9 Å². The molecular weight excluding hydrogens is 460 g/mol. The summed E-state index contributed by atoms with van der Waals surface area (Å²) in [6.07, 6.45) is 1.87. The van der Waals surface area contributed by atoms with Gasteiger partial charge in [-0.15, -0.1) is 0 Å². The number of hydrogen-bond acceptors (Lipinski definition) is 4. The van der Waals surface area contributed by atoms with Gasteiger partial charge in [0.15, 0.2) is 0 Å². The van der Waals surface area contributed by atoms with Crippen molar-refractivity contribution in [1.82, 2.24) is 0 Å². The van der Waals surface area contributed by atoms with Gasteiger partial charge in [0, 0.05) is 5.92 Å². The lowest BCUT2D eigenvalue weighted by atomic mass is 9.68. The smallest absolute Gasteiger partial charge is 0.338 e. The molecule has 0 amide bonds. The molecule has 186 valence electrons. The molecule has 4 aromatic carbocycles. The van der Waals surface area contributed by atoms with Crippen LogP contribution in [0.15, 0.2) is 97.1 Å². The van der Waals surface area contributed by atoms with Crippen LogP contribution in [0.25, 0.3) is 10.8 Å². The second-order valence-corrected chi connectivity index (χ2v) is 10.2. The van der Waals surface area contributed by atoms with E-state index in [2.05, 4.69) is 36.4 Å². The van der Waals surface area contributed by atoms with Crippen LogP contribution in [0.4, 0.5) is 0 Å². The van der Waals surface area contributed by atoms with Gasteiger partial charge in [0.25, 0.3) is 0 Å². The number of hydrogen-bond donors (Lipinski definition) is 0. The van der Waals surface area contributed by atoms with Crippen molar-refractivity contribution in [1.29, 1.82) is 0 Å². The highest BCUT2D eigenvalue weighted by Gasteiger charge is 2.47. The fourth-order valence-electron chi connectivity index (χ4n) is 6.56. The monoisotopic (exact) mass is 490 g/mol. The Labute approximate surface area is 217 Å². The molecule has 0 heterocycles. The standard InChI is InChI=1S/C33H30O4/c1-21(36-32(34)23-11-4-2-5-12-23)31(37-33(35)24-13-6-3-7-14-24)28-20-10-18-26-25-17-8-15-22-16-9-19-27(29(22)25)30(26)28/h2-9,11-17,19,21,26,28,30-31H,10,18,20H2,1H3/t21?,26?,28-,30?,31?/m0/s1. The van der Waals surface area contributed by atoms with Gasteiger partial charge in [-0.25, -0.2) is 9.59 Å². The Hall–Kier alpha value is -3.92. The van der Waals surface area contributed by atoms with E-state index >= 15 is 0 Å². The third-order valence-corrected chi connectivity index (χ3v) is 8.11. The summed E-state index contributed by atoms with van der Waals surface area (Å²) < 4.78 is 12.2. The van der Waals surface area contributed by atoms with Gasteiger partial charge in [-0.3, -0.25) is 0 Å². The van der Waals surface area contributed by atoms with E-state index in [4.69, 9.17) is 9.47 Å². The van der Waals surface area contributed by atoms with Gasteiger partial charge in [0.2, 0.25) is 0 Å². The lowest BCUT2D eigenvalue weighted by Crippen LogP contribution is -2.43. The topological polar surface area (TPSA) is 52.6 Å². The van der Waals surface area contributed by atoms with Gasteiger partial charge < -0.3 is 9.47 Å². The molecular formula is C33H30O4. The molecule has 0 aromatic heterocycles. The largest absolute Gasteiger partial charge is 0.455 e. The first-order valence-corrected chi connectivity index (χ1v) is 13.2. The van der Waals surface area contributed by atoms with Gasteiger partial charge in [0.05, 0.1) is 11.1 Å². The first kappa shape index (κ1) is 23.5. The number of fused-ring (bicyclic) bond motifs is 3. The summed E-state index contributed by atoms with van der Waals surface area (Å²) in [5.74, 6) is -0.179. The van der Waals surface area contributed by atoms with Crippen LogP contribution in [0.5, 0.6) is 0 Å². The van der Waals surface area contributed by atoms with E-state index in [-0.39, 0.29) is 17.8 Å². The third kappa shape index (κ3) is 4.31. The molecule has 2 aliphatic rings. The van der Waals surface area contributed by atoms with Crippen molar-refractivity contribution in [3.8, 4) is 0 Å². The number of benzene rings is 4. The minimum Gasteiger partial charge on any atom is -0.455 e. The van der Waals surface area contributed by atoms with Crippen LogP contribution in [0.2, 0.25) is 0 Å². The second kappa shape index (κ2) is 9.85. The maximum atomic E-state index is 13.3. The molecule has 37 heavy (non-hydrogen) atoms. The predicted octanol–water partition coefficient (Wildman–Crippen LogP) is 7.29. The Morgan fingerprint density at radius 2 is 1.30 bits per heavy atom. The van der Waals surface area contributed by atoms with E-state index in [0.717, 1.165) is 19.3 Å². The van der Waals surface area contributed by atoms with Crippen molar-refractivity contribution >= 4 is 22.7 Å². The fourth-order valence-corrected chi connectivity index (χ4v) is 6.56. The summed E-state index contributed by atoms with van der Waals surface area (Å²) >= 11 is 0. The zero-order valence-electron chi connectivity index (χ0n) is 20.9.